The van der Waals surface area contributed by atoms with Crippen LogP contribution < -0.4 is 4.90 Å². The molecule has 1 aromatic rings. The van der Waals surface area contributed by atoms with Crippen LogP contribution in [0.15, 0.2) is 12.3 Å². The van der Waals surface area contributed by atoms with Crippen LogP contribution in [0.5, 0.6) is 0 Å². The van der Waals surface area contributed by atoms with Gasteiger partial charge in [-0.05, 0) is 37.9 Å². The van der Waals surface area contributed by atoms with Crippen molar-refractivity contribution in [1.82, 2.24) is 14.9 Å². The molecule has 8 heteroatoms. The van der Waals surface area contributed by atoms with Gasteiger partial charge in [-0.25, -0.2) is 9.97 Å². The number of aromatic nitrogens is 2. The maximum atomic E-state index is 12.7. The third-order valence-corrected chi connectivity index (χ3v) is 4.14. The minimum Gasteiger partial charge on any atom is -0.383 e. The van der Waals surface area contributed by atoms with Crippen LogP contribution in [-0.4, -0.2) is 61.8 Å². The molecular weight excluding hydrogens is 309 g/mol. The summed E-state index contributed by atoms with van der Waals surface area (Å²) in [7, 11) is 3.47. The SMILES string of the molecule is COCCN1CCC(CN(C)c2ccnc(C(F)(F)F)n2)CC1. The van der Waals surface area contributed by atoms with E-state index in [0.29, 0.717) is 18.3 Å². The molecule has 0 atom stereocenters. The molecule has 1 aromatic heterocycles. The van der Waals surface area contributed by atoms with Gasteiger partial charge in [0.15, 0.2) is 0 Å². The molecule has 23 heavy (non-hydrogen) atoms. The lowest BCUT2D eigenvalue weighted by atomic mass is 9.96. The first kappa shape index (κ1) is 17.9. The van der Waals surface area contributed by atoms with E-state index in [4.69, 9.17) is 4.74 Å². The minimum absolute atomic E-state index is 0.314. The molecule has 0 unspecified atom stereocenters. The van der Waals surface area contributed by atoms with Gasteiger partial charge in [0, 0.05) is 33.4 Å². The van der Waals surface area contributed by atoms with Gasteiger partial charge >= 0.3 is 6.18 Å². The summed E-state index contributed by atoms with van der Waals surface area (Å²) in [5.41, 5.74) is 0. The molecule has 130 valence electrons. The highest BCUT2D eigenvalue weighted by Crippen LogP contribution is 2.27. The second kappa shape index (κ2) is 7.92. The van der Waals surface area contributed by atoms with Crippen molar-refractivity contribution in [2.24, 2.45) is 5.92 Å². The van der Waals surface area contributed by atoms with E-state index in [1.165, 1.54) is 6.07 Å². The molecule has 0 N–H and O–H groups in total. The number of anilines is 1. The Bertz CT molecular complexity index is 490. The summed E-state index contributed by atoms with van der Waals surface area (Å²) in [5, 5.41) is 0. The summed E-state index contributed by atoms with van der Waals surface area (Å²) in [6.45, 7) is 4.36. The highest BCUT2D eigenvalue weighted by Gasteiger charge is 2.35. The van der Waals surface area contributed by atoms with Gasteiger partial charge in [0.1, 0.15) is 5.82 Å². The van der Waals surface area contributed by atoms with Gasteiger partial charge in [-0.2, -0.15) is 13.2 Å². The van der Waals surface area contributed by atoms with Crippen LogP contribution in [0.2, 0.25) is 0 Å². The number of hydrogen-bond acceptors (Lipinski definition) is 5. The van der Waals surface area contributed by atoms with E-state index < -0.39 is 12.0 Å². The number of alkyl halides is 3. The van der Waals surface area contributed by atoms with Crippen molar-refractivity contribution in [1.29, 1.82) is 0 Å². The van der Waals surface area contributed by atoms with Crippen LogP contribution in [0.4, 0.5) is 19.0 Å². The van der Waals surface area contributed by atoms with Gasteiger partial charge in [-0.3, -0.25) is 0 Å². The fourth-order valence-electron chi connectivity index (χ4n) is 2.79. The van der Waals surface area contributed by atoms with Gasteiger partial charge in [-0.1, -0.05) is 0 Å². The topological polar surface area (TPSA) is 41.5 Å². The third kappa shape index (κ3) is 5.31. The summed E-state index contributed by atoms with van der Waals surface area (Å²) in [6, 6.07) is 1.52. The van der Waals surface area contributed by atoms with Crippen molar-refractivity contribution in [2.45, 2.75) is 19.0 Å². The Labute approximate surface area is 134 Å². The van der Waals surface area contributed by atoms with E-state index in [-0.39, 0.29) is 0 Å². The molecule has 0 spiro atoms. The van der Waals surface area contributed by atoms with Crippen LogP contribution in [0, 0.1) is 5.92 Å². The molecule has 1 fully saturated rings. The monoisotopic (exact) mass is 332 g/mol. The Kier molecular flexibility index (Phi) is 6.17. The predicted molar refractivity (Wildman–Crippen MR) is 81.3 cm³/mol. The Morgan fingerprint density at radius 2 is 2.04 bits per heavy atom. The smallest absolute Gasteiger partial charge is 0.383 e. The molecule has 2 rings (SSSR count). The molecule has 0 radical (unpaired) electrons. The van der Waals surface area contributed by atoms with Gasteiger partial charge < -0.3 is 14.5 Å². The molecule has 2 heterocycles. The molecule has 1 aliphatic heterocycles. The maximum Gasteiger partial charge on any atom is 0.451 e. The molecule has 5 nitrogen and oxygen atoms in total. The summed E-state index contributed by atoms with van der Waals surface area (Å²) in [6.07, 6.45) is -1.28. The molecule has 0 saturated carbocycles. The highest BCUT2D eigenvalue weighted by atomic mass is 19.4. The molecule has 0 amide bonds. The first-order valence-electron chi connectivity index (χ1n) is 7.73. The van der Waals surface area contributed by atoms with Crippen molar-refractivity contribution in [2.75, 3.05) is 51.8 Å². The van der Waals surface area contributed by atoms with Gasteiger partial charge in [0.25, 0.3) is 0 Å². The van der Waals surface area contributed by atoms with Crippen molar-refractivity contribution >= 4 is 5.82 Å². The number of piperidine rings is 1. The van der Waals surface area contributed by atoms with E-state index in [1.54, 1.807) is 19.1 Å². The van der Waals surface area contributed by atoms with Crippen LogP contribution >= 0.6 is 0 Å². The van der Waals surface area contributed by atoms with Crippen molar-refractivity contribution in [3.63, 3.8) is 0 Å². The van der Waals surface area contributed by atoms with E-state index in [0.717, 1.165) is 45.3 Å². The number of rotatable bonds is 6. The van der Waals surface area contributed by atoms with Gasteiger partial charge in [-0.15, -0.1) is 0 Å². The lowest BCUT2D eigenvalue weighted by Gasteiger charge is -2.34. The summed E-state index contributed by atoms with van der Waals surface area (Å²) in [4.78, 5) is 11.1. The molecule has 1 aliphatic rings. The van der Waals surface area contributed by atoms with Crippen LogP contribution in [-0.2, 0) is 10.9 Å². The van der Waals surface area contributed by atoms with Crippen molar-refractivity contribution in [3.05, 3.63) is 18.1 Å². The van der Waals surface area contributed by atoms with Crippen molar-refractivity contribution < 1.29 is 17.9 Å². The van der Waals surface area contributed by atoms with Crippen LogP contribution in [0.1, 0.15) is 18.7 Å². The predicted octanol–water partition coefficient (Wildman–Crippen LogP) is 2.29. The Hall–Kier alpha value is -1.41. The summed E-state index contributed by atoms with van der Waals surface area (Å²) in [5.74, 6) is -0.312. The lowest BCUT2D eigenvalue weighted by molar-refractivity contribution is -0.144. The highest BCUT2D eigenvalue weighted by molar-refractivity contribution is 5.36. The minimum atomic E-state index is -4.51. The second-order valence-corrected chi connectivity index (χ2v) is 5.89. The second-order valence-electron chi connectivity index (χ2n) is 5.89. The molecule has 0 aromatic carbocycles. The number of ether oxygens (including phenoxy) is 1. The number of nitrogens with zero attached hydrogens (tertiary/aromatic N) is 4. The number of likely N-dealkylation sites (tertiary alicyclic amines) is 1. The summed E-state index contributed by atoms with van der Waals surface area (Å²) < 4.78 is 43.1. The summed E-state index contributed by atoms with van der Waals surface area (Å²) >= 11 is 0. The average molecular weight is 332 g/mol. The van der Waals surface area contributed by atoms with Crippen LogP contribution in [0.25, 0.3) is 0 Å². The van der Waals surface area contributed by atoms with E-state index in [9.17, 15) is 13.2 Å². The molecule has 0 bridgehead atoms. The Balaban J connectivity index is 1.87. The Morgan fingerprint density at radius 1 is 1.35 bits per heavy atom. The van der Waals surface area contributed by atoms with Crippen molar-refractivity contribution in [3.8, 4) is 0 Å². The number of halogens is 3. The number of hydrogen-bond donors (Lipinski definition) is 0. The average Bonchev–Trinajstić information content (AvgIpc) is 2.53. The molecule has 1 saturated heterocycles. The lowest BCUT2D eigenvalue weighted by Crippen LogP contribution is -2.39. The first-order valence-corrected chi connectivity index (χ1v) is 7.73. The third-order valence-electron chi connectivity index (χ3n) is 4.14. The standard InChI is InChI=1S/C15H23F3N4O/c1-21(13-3-6-19-14(20-13)15(16,17)18)11-12-4-7-22(8-5-12)9-10-23-2/h3,6,12H,4-5,7-11H2,1-2H3. The van der Waals surface area contributed by atoms with E-state index in [2.05, 4.69) is 14.9 Å². The number of methoxy groups -OCH3 is 1. The fraction of sp³-hybridized carbons (Fsp3) is 0.733. The fourth-order valence-corrected chi connectivity index (χ4v) is 2.79. The zero-order valence-corrected chi connectivity index (χ0v) is 13.5. The zero-order chi connectivity index (χ0) is 16.9. The normalized spacial score (nSPS) is 17.4. The van der Waals surface area contributed by atoms with E-state index >= 15 is 0 Å². The van der Waals surface area contributed by atoms with E-state index in [1.807, 2.05) is 0 Å². The molecule has 0 aliphatic carbocycles. The van der Waals surface area contributed by atoms with Gasteiger partial charge in [0.05, 0.1) is 6.61 Å². The Morgan fingerprint density at radius 3 is 2.65 bits per heavy atom. The quantitative estimate of drug-likeness (QED) is 0.799. The largest absolute Gasteiger partial charge is 0.451 e. The molecular formula is C15H23F3N4O. The zero-order valence-electron chi connectivity index (χ0n) is 13.5. The first-order chi connectivity index (χ1) is 10.9. The maximum absolute atomic E-state index is 12.7. The van der Waals surface area contributed by atoms with Gasteiger partial charge in [0.2, 0.25) is 5.82 Å². The van der Waals surface area contributed by atoms with Crippen LogP contribution in [0.3, 0.4) is 0 Å².